The van der Waals surface area contributed by atoms with Crippen molar-refractivity contribution >= 4 is 16.9 Å². The molecule has 4 nitrogen and oxygen atoms in total. The molecule has 0 spiro atoms. The molecule has 1 heterocycles. The highest BCUT2D eigenvalue weighted by Crippen LogP contribution is 2.27. The summed E-state index contributed by atoms with van der Waals surface area (Å²) in [7, 11) is 1.59. The highest BCUT2D eigenvalue weighted by molar-refractivity contribution is 5.96. The monoisotopic (exact) mass is 310 g/mol. The molecule has 0 atom stereocenters. The van der Waals surface area contributed by atoms with Crippen LogP contribution < -0.4 is 0 Å². The van der Waals surface area contributed by atoms with Gasteiger partial charge in [0.2, 0.25) is 5.76 Å². The van der Waals surface area contributed by atoms with E-state index >= 15 is 0 Å². The lowest BCUT2D eigenvalue weighted by Gasteiger charge is -2.05. The lowest BCUT2D eigenvalue weighted by atomic mass is 10.1. The summed E-state index contributed by atoms with van der Waals surface area (Å²) in [4.78, 5) is 12.4. The smallest absolute Gasteiger partial charge is 0.374 e. The van der Waals surface area contributed by atoms with E-state index in [1.165, 1.54) is 0 Å². The summed E-state index contributed by atoms with van der Waals surface area (Å²) >= 11 is 0. The fourth-order valence-corrected chi connectivity index (χ4v) is 2.57. The van der Waals surface area contributed by atoms with Crippen molar-refractivity contribution in [3.8, 4) is 0 Å². The van der Waals surface area contributed by atoms with E-state index in [0.29, 0.717) is 12.2 Å². The van der Waals surface area contributed by atoms with E-state index in [2.05, 4.69) is 0 Å². The first kappa shape index (κ1) is 15.3. The van der Waals surface area contributed by atoms with Gasteiger partial charge >= 0.3 is 5.97 Å². The van der Waals surface area contributed by atoms with Crippen LogP contribution in [0.15, 0.2) is 52.9 Å². The van der Waals surface area contributed by atoms with Crippen molar-refractivity contribution in [2.45, 2.75) is 20.1 Å². The second-order valence-electron chi connectivity index (χ2n) is 5.40. The Hall–Kier alpha value is -2.59. The Morgan fingerprint density at radius 2 is 1.91 bits per heavy atom. The highest BCUT2D eigenvalue weighted by atomic mass is 16.5. The number of hydrogen-bond acceptors (Lipinski definition) is 4. The minimum atomic E-state index is -0.477. The number of fused-ring (bicyclic) bond motifs is 1. The molecule has 0 fully saturated rings. The second-order valence-corrected chi connectivity index (χ2v) is 5.40. The van der Waals surface area contributed by atoms with Crippen LogP contribution in [0.25, 0.3) is 11.0 Å². The number of ether oxygens (including phenoxy) is 2. The van der Waals surface area contributed by atoms with Gasteiger partial charge in [0.25, 0.3) is 0 Å². The van der Waals surface area contributed by atoms with Gasteiger partial charge in [-0.15, -0.1) is 0 Å². The molecule has 0 amide bonds. The molecule has 0 aliphatic carbocycles. The number of esters is 1. The summed E-state index contributed by atoms with van der Waals surface area (Å²) in [5.74, 6) is -0.268. The summed E-state index contributed by atoms with van der Waals surface area (Å²) < 4.78 is 16.3. The SMILES string of the molecule is COCc1c(C(=O)OCc2cccc(C)c2)oc2ccccc12. The Kier molecular flexibility index (Phi) is 4.44. The van der Waals surface area contributed by atoms with Gasteiger partial charge in [0.1, 0.15) is 12.2 Å². The maximum absolute atomic E-state index is 12.4. The number of methoxy groups -OCH3 is 1. The van der Waals surface area contributed by atoms with Gasteiger partial charge < -0.3 is 13.9 Å². The average molecular weight is 310 g/mol. The number of furan rings is 1. The zero-order chi connectivity index (χ0) is 16.2. The predicted molar refractivity (Wildman–Crippen MR) is 87.2 cm³/mol. The number of aryl methyl sites for hydroxylation is 1. The van der Waals surface area contributed by atoms with E-state index in [-0.39, 0.29) is 12.4 Å². The van der Waals surface area contributed by atoms with Crippen LogP contribution in [0.1, 0.15) is 27.2 Å². The molecule has 0 saturated carbocycles. The largest absolute Gasteiger partial charge is 0.455 e. The summed E-state index contributed by atoms with van der Waals surface area (Å²) in [6.07, 6.45) is 0. The molecule has 0 radical (unpaired) electrons. The first-order valence-electron chi connectivity index (χ1n) is 7.41. The number of rotatable bonds is 5. The second kappa shape index (κ2) is 6.67. The van der Waals surface area contributed by atoms with E-state index in [0.717, 1.165) is 22.1 Å². The van der Waals surface area contributed by atoms with E-state index in [1.807, 2.05) is 55.5 Å². The van der Waals surface area contributed by atoms with Crippen molar-refractivity contribution in [2.24, 2.45) is 0 Å². The quantitative estimate of drug-likeness (QED) is 0.661. The molecule has 3 rings (SSSR count). The van der Waals surface area contributed by atoms with Crippen LogP contribution in [0.2, 0.25) is 0 Å². The van der Waals surface area contributed by atoms with Crippen LogP contribution >= 0.6 is 0 Å². The molecule has 0 N–H and O–H groups in total. The van der Waals surface area contributed by atoms with Gasteiger partial charge in [0.15, 0.2) is 0 Å². The molecule has 1 aromatic heterocycles. The van der Waals surface area contributed by atoms with Gasteiger partial charge in [-0.3, -0.25) is 0 Å². The molecule has 0 saturated heterocycles. The van der Waals surface area contributed by atoms with Gasteiger partial charge in [-0.1, -0.05) is 48.0 Å². The van der Waals surface area contributed by atoms with Gasteiger partial charge in [-0.25, -0.2) is 4.79 Å². The molecule has 2 aromatic carbocycles. The summed E-state index contributed by atoms with van der Waals surface area (Å²) in [6, 6.07) is 15.4. The third-order valence-corrected chi connectivity index (χ3v) is 3.62. The molecule has 23 heavy (non-hydrogen) atoms. The maximum atomic E-state index is 12.4. The van der Waals surface area contributed by atoms with Crippen molar-refractivity contribution in [1.29, 1.82) is 0 Å². The number of benzene rings is 2. The van der Waals surface area contributed by atoms with Crippen molar-refractivity contribution in [3.63, 3.8) is 0 Å². The molecule has 118 valence electrons. The topological polar surface area (TPSA) is 48.7 Å². The minimum absolute atomic E-state index is 0.209. The first-order chi connectivity index (χ1) is 11.2. The maximum Gasteiger partial charge on any atom is 0.374 e. The van der Waals surface area contributed by atoms with Crippen LogP contribution in [0.4, 0.5) is 0 Å². The van der Waals surface area contributed by atoms with E-state index in [1.54, 1.807) is 7.11 Å². The fourth-order valence-electron chi connectivity index (χ4n) is 2.57. The molecule has 0 aliphatic rings. The minimum Gasteiger partial charge on any atom is -0.455 e. The molecular weight excluding hydrogens is 292 g/mol. The van der Waals surface area contributed by atoms with Crippen molar-refractivity contribution < 1.29 is 18.7 Å². The number of para-hydroxylation sites is 1. The number of carbonyl (C=O) groups is 1. The third-order valence-electron chi connectivity index (χ3n) is 3.62. The Labute approximate surface area is 134 Å². The lowest BCUT2D eigenvalue weighted by molar-refractivity contribution is 0.0432. The number of hydrogen-bond donors (Lipinski definition) is 0. The lowest BCUT2D eigenvalue weighted by Crippen LogP contribution is -2.07. The summed E-state index contributed by atoms with van der Waals surface area (Å²) in [5.41, 5.74) is 3.45. The number of carbonyl (C=O) groups excluding carboxylic acids is 1. The molecule has 0 bridgehead atoms. The van der Waals surface area contributed by atoms with Crippen molar-refractivity contribution in [3.05, 3.63) is 71.0 Å². The van der Waals surface area contributed by atoms with Crippen molar-refractivity contribution in [1.82, 2.24) is 0 Å². The Morgan fingerprint density at radius 3 is 2.70 bits per heavy atom. The van der Waals surface area contributed by atoms with Crippen LogP contribution in [-0.4, -0.2) is 13.1 Å². The van der Waals surface area contributed by atoms with Gasteiger partial charge in [0, 0.05) is 18.1 Å². The van der Waals surface area contributed by atoms with E-state index < -0.39 is 5.97 Å². The van der Waals surface area contributed by atoms with E-state index in [9.17, 15) is 4.79 Å². The zero-order valence-electron chi connectivity index (χ0n) is 13.2. The summed E-state index contributed by atoms with van der Waals surface area (Å²) in [5, 5.41) is 0.872. The highest BCUT2D eigenvalue weighted by Gasteiger charge is 2.21. The Balaban J connectivity index is 1.84. The molecule has 3 aromatic rings. The van der Waals surface area contributed by atoms with Crippen LogP contribution in [-0.2, 0) is 22.7 Å². The third kappa shape index (κ3) is 3.27. The molecule has 4 heteroatoms. The van der Waals surface area contributed by atoms with Crippen molar-refractivity contribution in [2.75, 3.05) is 7.11 Å². The predicted octanol–water partition coefficient (Wildman–Crippen LogP) is 4.24. The normalized spacial score (nSPS) is 10.9. The van der Waals surface area contributed by atoms with Gasteiger partial charge in [-0.2, -0.15) is 0 Å². The Bertz CT molecular complexity index is 832. The van der Waals surface area contributed by atoms with E-state index in [4.69, 9.17) is 13.9 Å². The van der Waals surface area contributed by atoms with Crippen LogP contribution in [0.3, 0.4) is 0 Å². The first-order valence-corrected chi connectivity index (χ1v) is 7.41. The Morgan fingerprint density at radius 1 is 1.09 bits per heavy atom. The fraction of sp³-hybridized carbons (Fsp3) is 0.211. The molecule has 0 unspecified atom stereocenters. The van der Waals surface area contributed by atoms with Gasteiger partial charge in [-0.05, 0) is 18.6 Å². The summed E-state index contributed by atoms with van der Waals surface area (Å²) in [6.45, 7) is 2.51. The van der Waals surface area contributed by atoms with Crippen LogP contribution in [0.5, 0.6) is 0 Å². The zero-order valence-corrected chi connectivity index (χ0v) is 13.2. The molecule has 0 aliphatic heterocycles. The standard InChI is InChI=1S/C19H18O4/c1-13-6-5-7-14(10-13)11-22-19(20)18-16(12-21-2)15-8-3-4-9-17(15)23-18/h3-10H,11-12H2,1-2H3. The molecular formula is C19H18O4. The average Bonchev–Trinajstić information content (AvgIpc) is 2.92. The van der Waals surface area contributed by atoms with Gasteiger partial charge in [0.05, 0.1) is 6.61 Å². The van der Waals surface area contributed by atoms with Crippen LogP contribution in [0, 0.1) is 6.92 Å².